The van der Waals surface area contributed by atoms with Gasteiger partial charge in [-0.1, -0.05) is 59.6 Å². The summed E-state index contributed by atoms with van der Waals surface area (Å²) < 4.78 is 0. The molecule has 0 aliphatic carbocycles. The van der Waals surface area contributed by atoms with Crippen LogP contribution in [0.25, 0.3) is 0 Å². The molecule has 0 aliphatic rings. The Balaban J connectivity index is 1.26. The van der Waals surface area contributed by atoms with Crippen LogP contribution in [0.3, 0.4) is 0 Å². The van der Waals surface area contributed by atoms with Crippen LogP contribution >= 0.6 is 46.4 Å². The van der Waals surface area contributed by atoms with Crippen LogP contribution in [0, 0.1) is 13.8 Å². The van der Waals surface area contributed by atoms with E-state index in [4.69, 9.17) is 46.4 Å². The average molecular weight is 917 g/mol. The fourth-order valence-electron chi connectivity index (χ4n) is 5.77. The van der Waals surface area contributed by atoms with Crippen molar-refractivity contribution in [2.45, 2.75) is 51.5 Å². The van der Waals surface area contributed by atoms with Crippen molar-refractivity contribution in [2.24, 2.45) is 20.5 Å². The molecule has 2 atom stereocenters. The molecule has 5 rings (SSSR count). The number of aryl methyl sites for hydroxylation is 2. The Morgan fingerprint density at radius 2 is 0.903 bits per heavy atom. The van der Waals surface area contributed by atoms with Crippen LogP contribution in [0.15, 0.2) is 118 Å². The lowest BCUT2D eigenvalue weighted by Gasteiger charge is -2.16. The number of benzene rings is 5. The maximum atomic E-state index is 13.4. The summed E-state index contributed by atoms with van der Waals surface area (Å²) in [5.74, 6) is -3.37. The highest BCUT2D eigenvalue weighted by atomic mass is 35.5. The normalized spacial score (nSPS) is 12.1. The van der Waals surface area contributed by atoms with Gasteiger partial charge >= 0.3 is 0 Å². The van der Waals surface area contributed by atoms with E-state index >= 15 is 0 Å². The molecule has 0 heterocycles. The third-order valence-electron chi connectivity index (χ3n) is 9.04. The molecule has 5 aromatic rings. The molecule has 0 bridgehead atoms. The van der Waals surface area contributed by atoms with Crippen molar-refractivity contribution in [1.82, 2.24) is 0 Å². The highest BCUT2D eigenvalue weighted by Gasteiger charge is 2.27. The number of amides is 4. The average Bonchev–Trinajstić information content (AvgIpc) is 3.23. The first-order valence-electron chi connectivity index (χ1n) is 18.6. The summed E-state index contributed by atoms with van der Waals surface area (Å²) >= 11 is 24.9. The zero-order valence-corrected chi connectivity index (χ0v) is 36.6. The summed E-state index contributed by atoms with van der Waals surface area (Å²) in [6.45, 7) is 5.65. The molecule has 14 nitrogen and oxygen atoms in total. The highest BCUT2D eigenvalue weighted by molar-refractivity contribution is 6.37. The molecule has 0 spiro atoms. The van der Waals surface area contributed by atoms with Crippen molar-refractivity contribution < 1.29 is 28.8 Å². The third kappa shape index (κ3) is 11.9. The summed E-state index contributed by atoms with van der Waals surface area (Å²) in [6.07, 6.45) is 0. The quantitative estimate of drug-likeness (QED) is 0.0431. The minimum Gasteiger partial charge on any atom is -0.324 e. The van der Waals surface area contributed by atoms with Gasteiger partial charge in [-0.3, -0.25) is 28.8 Å². The number of carbonyl (C=O) groups excluding carboxylic acids is 6. The lowest BCUT2D eigenvalue weighted by molar-refractivity contribution is -0.127. The number of hydrogen-bond donors (Lipinski definition) is 4. The van der Waals surface area contributed by atoms with Crippen molar-refractivity contribution in [1.29, 1.82) is 0 Å². The van der Waals surface area contributed by atoms with E-state index in [9.17, 15) is 28.8 Å². The number of carbonyl (C=O) groups is 6. The topological polar surface area (TPSA) is 200 Å². The van der Waals surface area contributed by atoms with Crippen LogP contribution in [0.1, 0.15) is 56.8 Å². The Bertz CT molecular complexity index is 2460. The van der Waals surface area contributed by atoms with Crippen molar-refractivity contribution in [2.75, 3.05) is 21.3 Å². The molecule has 0 aliphatic heterocycles. The van der Waals surface area contributed by atoms with Crippen LogP contribution in [0.2, 0.25) is 10.0 Å². The van der Waals surface area contributed by atoms with E-state index in [1.54, 1.807) is 62.4 Å². The van der Waals surface area contributed by atoms with Gasteiger partial charge in [0.2, 0.25) is 12.1 Å². The fraction of sp³-hybridized carbons (Fsp3) is 0.182. The first kappa shape index (κ1) is 46.7. The Hall–Kier alpha value is -6.32. The Morgan fingerprint density at radius 3 is 1.26 bits per heavy atom. The van der Waals surface area contributed by atoms with E-state index in [0.717, 1.165) is 11.1 Å². The van der Waals surface area contributed by atoms with Gasteiger partial charge < -0.3 is 21.3 Å². The minimum atomic E-state index is -1.58. The predicted molar refractivity (Wildman–Crippen MR) is 242 cm³/mol. The standard InChI is InChI=1S/C44H38Cl4N8O6/c1-23-17-36(52-44(62)40(26(4)58)56-54-34-16-8-14-32(38(34)48)42(60)50-30-12-6-10-28(20-30)22-46)24(2)18-35(23)51-43(61)39(25(3)57)55-53-33-15-7-13-31(37(33)47)41(59)49-29-11-5-9-27(19-29)21-45/h5-20,39-40H,21-22H2,1-4H3,(H,49,59)(H,50,60)(H,51,61)(H,52,62). The molecule has 5 aromatic carbocycles. The SMILES string of the molecule is CC(=O)C(N=Nc1cccc(C(=O)Nc2cccc(CCl)c2)c1Cl)C(=O)Nc1cc(C)c(NC(=O)C(N=Nc2cccc(C(=O)Nc3cccc(CCl)c3)c2Cl)C(C)=O)cc1C. The maximum absolute atomic E-state index is 13.4. The largest absolute Gasteiger partial charge is 0.324 e. The third-order valence-corrected chi connectivity index (χ3v) is 10.5. The minimum absolute atomic E-state index is 0.0491. The number of nitrogens with one attached hydrogen (secondary N) is 4. The van der Waals surface area contributed by atoms with E-state index < -0.39 is 47.3 Å². The van der Waals surface area contributed by atoms with Gasteiger partial charge in [0.15, 0.2) is 11.6 Å². The number of halogens is 4. The number of nitrogens with zero attached hydrogens (tertiary/aromatic N) is 4. The van der Waals surface area contributed by atoms with Gasteiger partial charge in [-0.2, -0.15) is 20.5 Å². The second kappa shape index (κ2) is 21.5. The molecule has 18 heteroatoms. The second-order valence-corrected chi connectivity index (χ2v) is 15.1. The van der Waals surface area contributed by atoms with Crippen molar-refractivity contribution >= 4 is 116 Å². The summed E-state index contributed by atoms with van der Waals surface area (Å²) in [4.78, 5) is 78.1. The Morgan fingerprint density at radius 1 is 0.532 bits per heavy atom. The van der Waals surface area contributed by atoms with Gasteiger partial charge in [-0.25, -0.2) is 0 Å². The summed E-state index contributed by atoms with van der Waals surface area (Å²) in [6, 6.07) is 22.9. The van der Waals surface area contributed by atoms with Crippen LogP contribution < -0.4 is 21.3 Å². The van der Waals surface area contributed by atoms with E-state index in [0.29, 0.717) is 33.9 Å². The zero-order valence-electron chi connectivity index (χ0n) is 33.6. The monoisotopic (exact) mass is 914 g/mol. The number of hydrogen-bond acceptors (Lipinski definition) is 10. The first-order valence-corrected chi connectivity index (χ1v) is 20.5. The number of ketones is 2. The molecule has 0 fully saturated rings. The van der Waals surface area contributed by atoms with E-state index in [2.05, 4.69) is 41.7 Å². The molecule has 62 heavy (non-hydrogen) atoms. The van der Waals surface area contributed by atoms with Gasteiger partial charge in [-0.15, -0.1) is 23.2 Å². The summed E-state index contributed by atoms with van der Waals surface area (Å²) in [5.41, 5.74) is 4.45. The Labute approximate surface area is 376 Å². The summed E-state index contributed by atoms with van der Waals surface area (Å²) in [7, 11) is 0. The maximum Gasteiger partial charge on any atom is 0.258 e. The predicted octanol–water partition coefficient (Wildman–Crippen LogP) is 11.0. The zero-order chi connectivity index (χ0) is 45.1. The molecular formula is C44H38Cl4N8O6. The van der Waals surface area contributed by atoms with E-state index in [1.165, 1.54) is 50.2 Å². The number of Topliss-reactive ketones (excluding diaryl/α,β-unsaturated/α-hetero) is 2. The fourth-order valence-corrected chi connectivity index (χ4v) is 6.60. The van der Waals surface area contributed by atoms with Crippen molar-refractivity contribution in [3.63, 3.8) is 0 Å². The van der Waals surface area contributed by atoms with Crippen LogP contribution in [-0.2, 0) is 30.9 Å². The molecule has 4 amide bonds. The molecule has 4 N–H and O–H groups in total. The smallest absolute Gasteiger partial charge is 0.258 e. The molecule has 2 unspecified atom stereocenters. The second-order valence-electron chi connectivity index (χ2n) is 13.8. The molecule has 0 radical (unpaired) electrons. The lowest BCUT2D eigenvalue weighted by atomic mass is 10.1. The van der Waals surface area contributed by atoms with Crippen LogP contribution in [0.5, 0.6) is 0 Å². The van der Waals surface area contributed by atoms with Gasteiger partial charge in [0.25, 0.3) is 23.6 Å². The lowest BCUT2D eigenvalue weighted by Crippen LogP contribution is -2.32. The van der Waals surface area contributed by atoms with Crippen molar-refractivity contribution in [3.8, 4) is 0 Å². The van der Waals surface area contributed by atoms with Gasteiger partial charge in [0, 0.05) is 34.5 Å². The highest BCUT2D eigenvalue weighted by Crippen LogP contribution is 2.32. The molecule has 0 aromatic heterocycles. The van der Waals surface area contributed by atoms with Crippen LogP contribution in [-0.4, -0.2) is 47.3 Å². The molecular weight excluding hydrogens is 878 g/mol. The molecule has 0 saturated heterocycles. The first-order chi connectivity index (χ1) is 29.6. The van der Waals surface area contributed by atoms with Gasteiger partial charge in [0.1, 0.15) is 11.4 Å². The van der Waals surface area contributed by atoms with Crippen LogP contribution in [0.4, 0.5) is 34.1 Å². The van der Waals surface area contributed by atoms with Gasteiger partial charge in [0.05, 0.1) is 21.2 Å². The number of anilines is 4. The molecule has 318 valence electrons. The molecule has 0 saturated carbocycles. The van der Waals surface area contributed by atoms with E-state index in [1.807, 2.05) is 12.1 Å². The number of alkyl halides is 2. The number of rotatable bonds is 16. The van der Waals surface area contributed by atoms with E-state index in [-0.39, 0.29) is 44.3 Å². The van der Waals surface area contributed by atoms with Gasteiger partial charge in [-0.05, 0) is 111 Å². The van der Waals surface area contributed by atoms with Crippen molar-refractivity contribution in [3.05, 3.63) is 140 Å². The Kier molecular flexibility index (Phi) is 16.2. The summed E-state index contributed by atoms with van der Waals surface area (Å²) in [5, 5.41) is 26.8. The number of azo groups is 2.